The van der Waals surface area contributed by atoms with Gasteiger partial charge < -0.3 is 24.9 Å². The first-order valence-electron chi connectivity index (χ1n) is 22.1. The number of ether oxygens (including phenoxy) is 1. The van der Waals surface area contributed by atoms with Crippen molar-refractivity contribution in [2.24, 2.45) is 11.3 Å². The van der Waals surface area contributed by atoms with Crippen LogP contribution in [0, 0.1) is 21.4 Å². The van der Waals surface area contributed by atoms with E-state index in [0.717, 1.165) is 99.8 Å². The molecular weight excluding hydrogens is 852 g/mol. The Kier molecular flexibility index (Phi) is 12.1. The van der Waals surface area contributed by atoms with E-state index in [4.69, 9.17) is 16.3 Å². The number of allylic oxidation sites excluding steroid dienone is 1. The lowest BCUT2D eigenvalue weighted by atomic mass is 9.72. The Morgan fingerprint density at radius 3 is 2.52 bits per heavy atom. The number of piperazine rings is 1. The third kappa shape index (κ3) is 9.33. The molecule has 0 radical (unpaired) electrons. The number of aromatic nitrogens is 3. The molecule has 1 aliphatic heterocycles. The fourth-order valence-electron chi connectivity index (χ4n) is 9.58. The van der Waals surface area contributed by atoms with Crippen molar-refractivity contribution in [1.82, 2.24) is 24.6 Å². The van der Waals surface area contributed by atoms with Crippen molar-refractivity contribution in [2.75, 3.05) is 49.5 Å². The molecule has 6 aromatic rings. The number of hydrogen-bond donors (Lipinski definition) is 4. The second-order valence-corrected chi connectivity index (χ2v) is 20.3. The molecule has 2 aliphatic carbocycles. The van der Waals surface area contributed by atoms with Gasteiger partial charge >= 0.3 is 0 Å². The maximum atomic E-state index is 14.2. The largest absolute Gasteiger partial charge is 0.455 e. The number of hydrogen-bond acceptors (Lipinski definition) is 10. The minimum atomic E-state index is -4.65. The lowest BCUT2D eigenvalue weighted by Crippen LogP contribution is -2.47. The number of sulfonamides is 1. The normalized spacial score (nSPS) is 17.5. The smallest absolute Gasteiger partial charge is 0.295 e. The molecule has 0 unspecified atom stereocenters. The second-order valence-electron chi connectivity index (χ2n) is 18.2. The quantitative estimate of drug-likeness (QED) is 0.0644. The number of carbonyl (C=O) groups excluding carboxylic acids is 1. The summed E-state index contributed by atoms with van der Waals surface area (Å²) < 4.78 is 36.9. The highest BCUT2D eigenvalue weighted by molar-refractivity contribution is 7.90. The summed E-state index contributed by atoms with van der Waals surface area (Å²) in [7, 11) is -4.65. The minimum Gasteiger partial charge on any atom is -0.455 e. The van der Waals surface area contributed by atoms with Crippen LogP contribution in [0.5, 0.6) is 11.5 Å². The summed E-state index contributed by atoms with van der Waals surface area (Å²) >= 11 is 6.25. The Morgan fingerprint density at radius 2 is 1.75 bits per heavy atom. The van der Waals surface area contributed by atoms with E-state index in [-0.39, 0.29) is 38.2 Å². The van der Waals surface area contributed by atoms with E-state index < -0.39 is 26.5 Å². The number of nitrogens with zero attached hydrogens (tertiary/aromatic N) is 4. The molecular formula is C48H53ClN8O6S. The number of fused-ring (bicyclic) bond motifs is 2. The van der Waals surface area contributed by atoms with Crippen molar-refractivity contribution in [2.45, 2.75) is 70.1 Å². The van der Waals surface area contributed by atoms with Crippen LogP contribution < -0.4 is 19.7 Å². The number of aromatic amines is 2. The number of nitro groups is 1. The van der Waals surface area contributed by atoms with Gasteiger partial charge in [0.05, 0.1) is 22.2 Å². The van der Waals surface area contributed by atoms with E-state index in [0.29, 0.717) is 23.9 Å². The van der Waals surface area contributed by atoms with Gasteiger partial charge in [-0.2, -0.15) is 0 Å². The molecule has 14 nitrogen and oxygen atoms in total. The molecule has 0 spiro atoms. The fraction of sp³-hybridized carbons (Fsp3) is 0.375. The van der Waals surface area contributed by atoms with Crippen LogP contribution >= 0.6 is 11.6 Å². The van der Waals surface area contributed by atoms with Crippen molar-refractivity contribution >= 4 is 72.1 Å². The van der Waals surface area contributed by atoms with Gasteiger partial charge in [-0.1, -0.05) is 62.4 Å². The van der Waals surface area contributed by atoms with Crippen molar-refractivity contribution in [3.8, 4) is 11.5 Å². The maximum Gasteiger partial charge on any atom is 0.295 e. The summed E-state index contributed by atoms with van der Waals surface area (Å²) in [6.45, 7) is 9.18. The molecule has 2 fully saturated rings. The van der Waals surface area contributed by atoms with Crippen LogP contribution in [0.4, 0.5) is 17.1 Å². The molecule has 0 bridgehead atoms. The lowest BCUT2D eigenvalue weighted by Gasteiger charge is -2.39. The minimum absolute atomic E-state index is 0.0346. The Bertz CT molecular complexity index is 2860. The number of nitro benzene ring substituents is 1. The van der Waals surface area contributed by atoms with Gasteiger partial charge in [0, 0.05) is 85.3 Å². The zero-order valence-corrected chi connectivity index (χ0v) is 37.7. The monoisotopic (exact) mass is 904 g/mol. The number of anilines is 2. The average molecular weight is 906 g/mol. The summed E-state index contributed by atoms with van der Waals surface area (Å²) in [5, 5.41) is 17.4. The highest BCUT2D eigenvalue weighted by Gasteiger charge is 2.32. The predicted octanol–water partition coefficient (Wildman–Crippen LogP) is 10.3. The van der Waals surface area contributed by atoms with Gasteiger partial charge in [0.25, 0.3) is 21.6 Å². The summed E-state index contributed by atoms with van der Waals surface area (Å²) in [6.07, 6.45) is 13.5. The molecule has 9 rings (SSSR count). The van der Waals surface area contributed by atoms with Crippen LogP contribution in [0.2, 0.25) is 5.02 Å². The van der Waals surface area contributed by atoms with Crippen molar-refractivity contribution in [1.29, 1.82) is 0 Å². The molecule has 4 N–H and O–H groups in total. The van der Waals surface area contributed by atoms with Crippen LogP contribution in [-0.2, 0) is 10.0 Å². The van der Waals surface area contributed by atoms with Gasteiger partial charge in [-0.05, 0) is 97.0 Å². The Balaban J connectivity index is 0.966. The molecule has 4 heterocycles. The van der Waals surface area contributed by atoms with E-state index in [1.54, 1.807) is 36.5 Å². The van der Waals surface area contributed by atoms with E-state index in [1.807, 2.05) is 18.2 Å². The van der Waals surface area contributed by atoms with Crippen LogP contribution in [0.25, 0.3) is 27.5 Å². The first kappa shape index (κ1) is 43.4. The topological polar surface area (TPSA) is 179 Å². The van der Waals surface area contributed by atoms with E-state index in [1.165, 1.54) is 35.5 Å². The standard InChI is InChI=1S/C48H53ClN8O6S/c1-48(2)17-14-34(40(27-48)32-8-10-35(49)11-9-32)30-55-20-22-56(23-21-55)36-12-13-38(42(25-36)63-37-24-33-15-18-51-46(33)53-29-37)47(58)54-64(61,62)43-26-41(57(59)60)45(44-39(43)16-19-50-44)52-28-31-6-4-3-5-7-31/h8-13,15-16,18-19,24-26,29,31,50,52H,3-7,14,17,20-23,27-28,30H2,1-2H3,(H,51,53)(H,54,58). The Morgan fingerprint density at radius 1 is 0.984 bits per heavy atom. The predicted molar refractivity (Wildman–Crippen MR) is 252 cm³/mol. The molecule has 3 aromatic heterocycles. The summed E-state index contributed by atoms with van der Waals surface area (Å²) in [6, 6.07) is 19.5. The van der Waals surface area contributed by atoms with Gasteiger partial charge in [-0.3, -0.25) is 19.8 Å². The highest BCUT2D eigenvalue weighted by Crippen LogP contribution is 2.44. The summed E-state index contributed by atoms with van der Waals surface area (Å²) in [4.78, 5) is 40.9. The van der Waals surface area contributed by atoms with Crippen molar-refractivity contribution in [3.05, 3.63) is 117 Å². The zero-order chi connectivity index (χ0) is 44.6. The number of pyridine rings is 1. The molecule has 1 amide bonds. The number of halogens is 1. The van der Waals surface area contributed by atoms with Crippen LogP contribution in [0.15, 0.2) is 95.8 Å². The second kappa shape index (κ2) is 17.9. The molecule has 334 valence electrons. The highest BCUT2D eigenvalue weighted by atomic mass is 35.5. The SMILES string of the molecule is CC1(C)CCC(CN2CCN(c3ccc(C(=O)NS(=O)(=O)c4cc([N+](=O)[O-])c(NCC5CCCCC5)c5[nH]ccc45)c(Oc4cnc5[nH]ccc5c4)c3)CC2)=C(c2ccc(Cl)cc2)C1. The van der Waals surface area contributed by atoms with Gasteiger partial charge in [0.1, 0.15) is 27.7 Å². The summed E-state index contributed by atoms with van der Waals surface area (Å²) in [5.41, 5.74) is 5.87. The Labute approximate surface area is 377 Å². The molecule has 3 aliphatic rings. The van der Waals surface area contributed by atoms with Gasteiger partial charge in [0.15, 0.2) is 0 Å². The number of H-pyrrole nitrogens is 2. The third-order valence-corrected chi connectivity index (χ3v) is 14.8. The molecule has 64 heavy (non-hydrogen) atoms. The van der Waals surface area contributed by atoms with Gasteiger partial charge in [0.2, 0.25) is 0 Å². The van der Waals surface area contributed by atoms with Crippen molar-refractivity contribution in [3.63, 3.8) is 0 Å². The van der Waals surface area contributed by atoms with E-state index >= 15 is 0 Å². The number of nitrogens with one attached hydrogen (secondary N) is 4. The number of carbonyl (C=O) groups is 1. The zero-order valence-electron chi connectivity index (χ0n) is 36.1. The molecule has 1 saturated carbocycles. The van der Waals surface area contributed by atoms with Gasteiger partial charge in [-0.25, -0.2) is 18.1 Å². The number of benzene rings is 3. The molecule has 16 heteroatoms. The third-order valence-electron chi connectivity index (χ3n) is 13.1. The van der Waals surface area contributed by atoms with Gasteiger partial charge in [-0.15, -0.1) is 0 Å². The van der Waals surface area contributed by atoms with Crippen molar-refractivity contribution < 1.29 is 22.9 Å². The first-order chi connectivity index (χ1) is 30.8. The molecule has 0 atom stereocenters. The summed E-state index contributed by atoms with van der Waals surface area (Å²) in [5.74, 6) is -0.103. The lowest BCUT2D eigenvalue weighted by molar-refractivity contribution is -0.384. The van der Waals surface area contributed by atoms with Crippen LogP contribution in [0.1, 0.15) is 81.1 Å². The van der Waals surface area contributed by atoms with E-state index in [9.17, 15) is 23.3 Å². The first-order valence-corrected chi connectivity index (χ1v) is 23.9. The van der Waals surface area contributed by atoms with E-state index in [2.05, 4.69) is 60.8 Å². The van der Waals surface area contributed by atoms with Crippen LogP contribution in [0.3, 0.4) is 0 Å². The molecule has 3 aromatic carbocycles. The number of amides is 1. The average Bonchev–Trinajstić information content (AvgIpc) is 3.97. The van der Waals surface area contributed by atoms with Crippen LogP contribution in [-0.4, -0.2) is 78.4 Å². The molecule has 1 saturated heterocycles. The number of rotatable bonds is 13. The fourth-order valence-corrected chi connectivity index (χ4v) is 10.9. The Hall–Kier alpha value is -5.90. The maximum absolute atomic E-state index is 14.2.